The first-order valence-electron chi connectivity index (χ1n) is 4.91. The van der Waals surface area contributed by atoms with Gasteiger partial charge in [-0.1, -0.05) is 24.3 Å². The molecule has 0 spiro atoms. The number of nitrogens with two attached hydrogens (primary N) is 1. The van der Waals surface area contributed by atoms with Gasteiger partial charge < -0.3 is 15.6 Å². The second-order valence-corrected chi connectivity index (χ2v) is 3.39. The maximum Gasteiger partial charge on any atom is 0.305 e. The van der Waals surface area contributed by atoms with Crippen molar-refractivity contribution < 1.29 is 14.6 Å². The molecule has 0 radical (unpaired) electrons. The summed E-state index contributed by atoms with van der Waals surface area (Å²) in [6.07, 6.45) is 3.41. The Labute approximate surface area is 94.3 Å². The molecule has 1 atom stereocenters. The van der Waals surface area contributed by atoms with E-state index in [9.17, 15) is 4.79 Å². The first kappa shape index (κ1) is 12.3. The van der Waals surface area contributed by atoms with Crippen LogP contribution in [0.2, 0.25) is 0 Å². The van der Waals surface area contributed by atoms with Crippen molar-refractivity contribution in [3.8, 4) is 5.75 Å². The lowest BCUT2D eigenvalue weighted by atomic mass is 10.1. The number of carboxylic acid groups (broad SMARTS) is 1. The number of ether oxygens (including phenoxy) is 1. The molecule has 1 aromatic rings. The summed E-state index contributed by atoms with van der Waals surface area (Å²) < 4.78 is 5.02. The first-order valence-corrected chi connectivity index (χ1v) is 4.91. The van der Waals surface area contributed by atoms with Crippen molar-refractivity contribution in [2.45, 2.75) is 12.5 Å². The molecule has 3 N–H and O–H groups in total. The third kappa shape index (κ3) is 4.14. The van der Waals surface area contributed by atoms with Gasteiger partial charge in [-0.2, -0.15) is 0 Å². The summed E-state index contributed by atoms with van der Waals surface area (Å²) >= 11 is 0. The fourth-order valence-electron chi connectivity index (χ4n) is 1.22. The van der Waals surface area contributed by atoms with Gasteiger partial charge in [-0.15, -0.1) is 0 Å². The van der Waals surface area contributed by atoms with Crippen LogP contribution in [0.4, 0.5) is 0 Å². The lowest BCUT2D eigenvalue weighted by Gasteiger charge is -2.02. The van der Waals surface area contributed by atoms with E-state index in [0.29, 0.717) is 0 Å². The highest BCUT2D eigenvalue weighted by atomic mass is 16.5. The second kappa shape index (κ2) is 5.92. The van der Waals surface area contributed by atoms with Gasteiger partial charge >= 0.3 is 5.97 Å². The van der Waals surface area contributed by atoms with Crippen LogP contribution < -0.4 is 10.5 Å². The summed E-state index contributed by atoms with van der Waals surface area (Å²) in [5, 5.41) is 8.52. The van der Waals surface area contributed by atoms with Crippen LogP contribution in [0, 0.1) is 0 Å². The summed E-state index contributed by atoms with van der Waals surface area (Å²) in [4.78, 5) is 10.4. The maximum absolute atomic E-state index is 10.4. The molecular formula is C12H15NO3. The Hall–Kier alpha value is -1.81. The summed E-state index contributed by atoms with van der Waals surface area (Å²) in [5.74, 6) is -0.112. The Morgan fingerprint density at radius 1 is 1.50 bits per heavy atom. The Morgan fingerprint density at radius 2 is 2.12 bits per heavy atom. The number of benzene rings is 1. The van der Waals surface area contributed by atoms with Crippen LogP contribution >= 0.6 is 0 Å². The standard InChI is InChI=1S/C12H15NO3/c1-16-11-6-3-9(4-7-11)2-5-10(13)8-12(14)15/h2-7,10H,8,13H2,1H3,(H,14,15)/b5-2+. The van der Waals surface area contributed by atoms with Crippen LogP contribution in [0.25, 0.3) is 6.08 Å². The molecule has 1 aromatic carbocycles. The number of hydrogen-bond acceptors (Lipinski definition) is 3. The lowest BCUT2D eigenvalue weighted by molar-refractivity contribution is -0.137. The molecule has 16 heavy (non-hydrogen) atoms. The van der Waals surface area contributed by atoms with E-state index in [0.717, 1.165) is 11.3 Å². The zero-order valence-electron chi connectivity index (χ0n) is 9.09. The van der Waals surface area contributed by atoms with Crippen LogP contribution in [-0.2, 0) is 4.79 Å². The molecule has 0 amide bonds. The van der Waals surface area contributed by atoms with Crippen LogP contribution in [0.1, 0.15) is 12.0 Å². The first-order chi connectivity index (χ1) is 7.61. The fraction of sp³-hybridized carbons (Fsp3) is 0.250. The van der Waals surface area contributed by atoms with Gasteiger partial charge in [-0.3, -0.25) is 4.79 Å². The molecule has 86 valence electrons. The van der Waals surface area contributed by atoms with E-state index in [1.165, 1.54) is 0 Å². The predicted molar refractivity (Wildman–Crippen MR) is 62.3 cm³/mol. The molecular weight excluding hydrogens is 206 g/mol. The molecule has 0 saturated heterocycles. The Morgan fingerprint density at radius 3 is 2.62 bits per heavy atom. The largest absolute Gasteiger partial charge is 0.497 e. The average molecular weight is 221 g/mol. The van der Waals surface area contributed by atoms with Crippen molar-refractivity contribution in [1.29, 1.82) is 0 Å². The molecule has 4 nitrogen and oxygen atoms in total. The lowest BCUT2D eigenvalue weighted by Crippen LogP contribution is -2.20. The van der Waals surface area contributed by atoms with Gasteiger partial charge in [-0.25, -0.2) is 0 Å². The van der Waals surface area contributed by atoms with Crippen LogP contribution in [-0.4, -0.2) is 24.2 Å². The van der Waals surface area contributed by atoms with Gasteiger partial charge in [0.15, 0.2) is 0 Å². The molecule has 4 heteroatoms. The summed E-state index contributed by atoms with van der Waals surface area (Å²) in [6, 6.07) is 6.97. The van der Waals surface area contributed by atoms with Crippen LogP contribution in [0.3, 0.4) is 0 Å². The Balaban J connectivity index is 2.58. The van der Waals surface area contributed by atoms with E-state index in [1.807, 2.05) is 24.3 Å². The van der Waals surface area contributed by atoms with Crippen LogP contribution in [0.15, 0.2) is 30.3 Å². The van der Waals surface area contributed by atoms with E-state index in [2.05, 4.69) is 0 Å². The van der Waals surface area contributed by atoms with E-state index in [4.69, 9.17) is 15.6 Å². The molecule has 0 saturated carbocycles. The van der Waals surface area contributed by atoms with E-state index in [1.54, 1.807) is 19.3 Å². The molecule has 0 aliphatic rings. The van der Waals surface area contributed by atoms with E-state index in [-0.39, 0.29) is 6.42 Å². The highest BCUT2D eigenvalue weighted by molar-refractivity contribution is 5.68. The predicted octanol–water partition coefficient (Wildman–Crippen LogP) is 1.51. The fourth-order valence-corrected chi connectivity index (χ4v) is 1.22. The third-order valence-electron chi connectivity index (χ3n) is 2.06. The monoisotopic (exact) mass is 221 g/mol. The molecule has 0 heterocycles. The minimum absolute atomic E-state index is 0.0628. The minimum Gasteiger partial charge on any atom is -0.497 e. The van der Waals surface area contributed by atoms with Crippen molar-refractivity contribution in [3.63, 3.8) is 0 Å². The van der Waals surface area contributed by atoms with Crippen molar-refractivity contribution in [1.82, 2.24) is 0 Å². The Bertz CT molecular complexity index is 370. The summed E-state index contributed by atoms with van der Waals surface area (Å²) in [5.41, 5.74) is 6.55. The van der Waals surface area contributed by atoms with Crippen molar-refractivity contribution in [2.75, 3.05) is 7.11 Å². The molecule has 0 fully saturated rings. The minimum atomic E-state index is -0.896. The molecule has 0 aliphatic carbocycles. The number of aliphatic carboxylic acids is 1. The van der Waals surface area contributed by atoms with Gasteiger partial charge in [0.1, 0.15) is 5.75 Å². The molecule has 0 bridgehead atoms. The maximum atomic E-state index is 10.4. The number of rotatable bonds is 5. The van der Waals surface area contributed by atoms with Crippen LogP contribution in [0.5, 0.6) is 5.75 Å². The van der Waals surface area contributed by atoms with Gasteiger partial charge in [0, 0.05) is 6.04 Å². The highest BCUT2D eigenvalue weighted by Gasteiger charge is 2.03. The number of methoxy groups -OCH3 is 1. The van der Waals surface area contributed by atoms with Crippen molar-refractivity contribution >= 4 is 12.0 Å². The number of carboxylic acids is 1. The topological polar surface area (TPSA) is 72.5 Å². The number of carbonyl (C=O) groups is 1. The van der Waals surface area contributed by atoms with Gasteiger partial charge in [-0.05, 0) is 17.7 Å². The zero-order valence-corrected chi connectivity index (χ0v) is 9.09. The quantitative estimate of drug-likeness (QED) is 0.790. The summed E-state index contributed by atoms with van der Waals surface area (Å²) in [7, 11) is 1.60. The smallest absolute Gasteiger partial charge is 0.305 e. The van der Waals surface area contributed by atoms with Crippen molar-refractivity contribution in [3.05, 3.63) is 35.9 Å². The normalized spacial score (nSPS) is 12.6. The zero-order chi connectivity index (χ0) is 12.0. The average Bonchev–Trinajstić information content (AvgIpc) is 2.26. The number of hydrogen-bond donors (Lipinski definition) is 2. The molecule has 1 unspecified atom stereocenters. The molecule has 0 aliphatic heterocycles. The van der Waals surface area contributed by atoms with Gasteiger partial charge in [0.05, 0.1) is 13.5 Å². The Kier molecular flexibility index (Phi) is 4.54. The third-order valence-corrected chi connectivity index (χ3v) is 2.06. The van der Waals surface area contributed by atoms with Gasteiger partial charge in [0.25, 0.3) is 0 Å². The molecule has 1 rings (SSSR count). The van der Waals surface area contributed by atoms with Gasteiger partial charge in [0.2, 0.25) is 0 Å². The SMILES string of the molecule is COc1ccc(/C=C/C(N)CC(=O)O)cc1. The second-order valence-electron chi connectivity index (χ2n) is 3.39. The summed E-state index contributed by atoms with van der Waals surface area (Å²) in [6.45, 7) is 0. The highest BCUT2D eigenvalue weighted by Crippen LogP contribution is 2.12. The van der Waals surface area contributed by atoms with E-state index < -0.39 is 12.0 Å². The molecule has 0 aromatic heterocycles. The van der Waals surface area contributed by atoms with E-state index >= 15 is 0 Å². The van der Waals surface area contributed by atoms with Crippen molar-refractivity contribution in [2.24, 2.45) is 5.73 Å².